The lowest BCUT2D eigenvalue weighted by Crippen LogP contribution is -2.41. The molecule has 0 spiro atoms. The number of carboxylic acid groups (broad SMARTS) is 1. The summed E-state index contributed by atoms with van der Waals surface area (Å²) in [6.07, 6.45) is 3.39. The summed E-state index contributed by atoms with van der Waals surface area (Å²) in [4.78, 5) is 27.3. The average Bonchev–Trinajstić information content (AvgIpc) is 3.26. The molecule has 3 N–H and O–H groups in total. The zero-order valence-corrected chi connectivity index (χ0v) is 21.1. The van der Waals surface area contributed by atoms with E-state index in [0.29, 0.717) is 18.2 Å². The van der Waals surface area contributed by atoms with Crippen molar-refractivity contribution < 1.29 is 9.90 Å². The first-order valence-electron chi connectivity index (χ1n) is 12.3. The number of carboxylic acids is 1. The fourth-order valence-electron chi connectivity index (χ4n) is 4.48. The third kappa shape index (κ3) is 6.16. The summed E-state index contributed by atoms with van der Waals surface area (Å²) in [7, 11) is 0. The summed E-state index contributed by atoms with van der Waals surface area (Å²) in [6, 6.07) is 18.8. The van der Waals surface area contributed by atoms with Gasteiger partial charge in [0, 0.05) is 31.6 Å². The van der Waals surface area contributed by atoms with Gasteiger partial charge in [-0.05, 0) is 42.5 Å². The predicted molar refractivity (Wildman–Crippen MR) is 144 cm³/mol. The first kappa shape index (κ1) is 24.1. The third-order valence-corrected chi connectivity index (χ3v) is 7.32. The van der Waals surface area contributed by atoms with Crippen LogP contribution in [-0.2, 0) is 17.6 Å². The normalized spacial score (nSPS) is 14.7. The minimum Gasteiger partial charge on any atom is -0.480 e. The number of aromatic nitrogens is 3. The topological polar surface area (TPSA) is 103 Å². The van der Waals surface area contributed by atoms with Gasteiger partial charge in [-0.3, -0.25) is 9.69 Å². The van der Waals surface area contributed by atoms with Gasteiger partial charge in [-0.15, -0.1) is 0 Å². The molecular formula is C27H30N6O2S. The summed E-state index contributed by atoms with van der Waals surface area (Å²) in [5.74, 6) is 0.503. The molecule has 0 bridgehead atoms. The van der Waals surface area contributed by atoms with Crippen molar-refractivity contribution in [3.05, 3.63) is 71.4 Å². The van der Waals surface area contributed by atoms with Crippen LogP contribution in [-0.4, -0.2) is 56.6 Å². The van der Waals surface area contributed by atoms with Gasteiger partial charge in [-0.2, -0.15) is 4.98 Å². The van der Waals surface area contributed by atoms with Crippen LogP contribution >= 0.6 is 11.3 Å². The molecule has 0 aliphatic carbocycles. The number of benzene rings is 2. The van der Waals surface area contributed by atoms with E-state index in [-0.39, 0.29) is 12.6 Å². The maximum absolute atomic E-state index is 11.0. The molecule has 36 heavy (non-hydrogen) atoms. The molecule has 1 saturated heterocycles. The highest BCUT2D eigenvalue weighted by molar-refractivity contribution is 7.22. The van der Waals surface area contributed by atoms with Crippen LogP contribution in [0.2, 0.25) is 0 Å². The Morgan fingerprint density at radius 1 is 1.06 bits per heavy atom. The first-order chi connectivity index (χ1) is 17.5. The minimum atomic E-state index is -0.783. The number of likely N-dealkylation sites (tertiary alicyclic amines) is 1. The lowest BCUT2D eigenvalue weighted by Gasteiger charge is -2.31. The molecular weight excluding hydrogens is 472 g/mol. The number of fused-ring (bicyclic) bond motifs is 1. The second kappa shape index (κ2) is 11.0. The first-order valence-corrected chi connectivity index (χ1v) is 13.1. The fourth-order valence-corrected chi connectivity index (χ4v) is 5.42. The molecule has 3 heterocycles. The zero-order chi connectivity index (χ0) is 24.9. The van der Waals surface area contributed by atoms with Gasteiger partial charge in [0.15, 0.2) is 5.13 Å². The number of nitrogens with one attached hydrogen (secondary N) is 2. The Labute approximate surface area is 214 Å². The van der Waals surface area contributed by atoms with Crippen LogP contribution in [0.25, 0.3) is 10.2 Å². The summed E-state index contributed by atoms with van der Waals surface area (Å²) in [5.41, 5.74) is 4.37. The van der Waals surface area contributed by atoms with E-state index in [0.717, 1.165) is 53.4 Å². The molecule has 1 fully saturated rings. The van der Waals surface area contributed by atoms with E-state index < -0.39 is 5.97 Å². The van der Waals surface area contributed by atoms with Crippen LogP contribution in [0.1, 0.15) is 36.6 Å². The Morgan fingerprint density at radius 3 is 2.61 bits per heavy atom. The van der Waals surface area contributed by atoms with Crippen molar-refractivity contribution >= 4 is 44.4 Å². The molecule has 0 atom stereocenters. The monoisotopic (exact) mass is 502 g/mol. The number of rotatable bonds is 9. The Kier molecular flexibility index (Phi) is 7.39. The highest BCUT2D eigenvalue weighted by atomic mass is 32.1. The van der Waals surface area contributed by atoms with E-state index in [1.807, 2.05) is 29.2 Å². The van der Waals surface area contributed by atoms with Crippen molar-refractivity contribution in [3.8, 4) is 0 Å². The standard InChI is InChI=1S/C27H30N6O2S/c1-2-18-8-9-22-23(15-18)36-27(30-22)32-24-16-21(14-19-6-4-3-5-7-19)29-26(31-24)28-20-10-12-33(13-11-20)17-25(34)35/h3-9,15-16,20H,2,10-14,17H2,1H3,(H,34,35)(H2,28,29,30,31,32). The van der Waals surface area contributed by atoms with Crippen LogP contribution in [0, 0.1) is 0 Å². The van der Waals surface area contributed by atoms with Crippen molar-refractivity contribution in [2.75, 3.05) is 30.3 Å². The van der Waals surface area contributed by atoms with Crippen molar-refractivity contribution in [2.45, 2.75) is 38.6 Å². The third-order valence-electron chi connectivity index (χ3n) is 6.38. The van der Waals surface area contributed by atoms with Gasteiger partial charge in [0.1, 0.15) is 5.82 Å². The zero-order valence-electron chi connectivity index (χ0n) is 20.3. The van der Waals surface area contributed by atoms with Crippen LogP contribution in [0.3, 0.4) is 0 Å². The van der Waals surface area contributed by atoms with Gasteiger partial charge in [0.05, 0.1) is 22.5 Å². The molecule has 1 aliphatic rings. The fraction of sp³-hybridized carbons (Fsp3) is 0.333. The number of hydrogen-bond acceptors (Lipinski definition) is 8. The largest absolute Gasteiger partial charge is 0.480 e. The van der Waals surface area contributed by atoms with Gasteiger partial charge in [0.2, 0.25) is 5.95 Å². The van der Waals surface area contributed by atoms with Crippen molar-refractivity contribution in [1.29, 1.82) is 0 Å². The lowest BCUT2D eigenvalue weighted by atomic mass is 10.1. The maximum atomic E-state index is 11.0. The summed E-state index contributed by atoms with van der Waals surface area (Å²) >= 11 is 1.62. The minimum absolute atomic E-state index is 0.0891. The number of nitrogens with zero attached hydrogens (tertiary/aromatic N) is 4. The van der Waals surface area contributed by atoms with E-state index in [9.17, 15) is 4.79 Å². The van der Waals surface area contributed by atoms with Gasteiger partial charge in [-0.1, -0.05) is 54.7 Å². The number of aryl methyl sites for hydroxylation is 1. The maximum Gasteiger partial charge on any atom is 0.317 e. The number of anilines is 3. The Hall–Kier alpha value is -3.56. The predicted octanol–water partition coefficient (Wildman–Crippen LogP) is 4.94. The number of hydrogen-bond donors (Lipinski definition) is 3. The number of aliphatic carboxylic acids is 1. The molecule has 8 nitrogen and oxygen atoms in total. The molecule has 2 aromatic carbocycles. The molecule has 186 valence electrons. The summed E-state index contributed by atoms with van der Waals surface area (Å²) < 4.78 is 1.15. The highest BCUT2D eigenvalue weighted by Crippen LogP contribution is 2.29. The summed E-state index contributed by atoms with van der Waals surface area (Å²) in [5, 5.41) is 16.8. The Bertz CT molecular complexity index is 1330. The molecule has 2 aromatic heterocycles. The molecule has 0 saturated carbocycles. The second-order valence-electron chi connectivity index (χ2n) is 9.12. The van der Waals surface area contributed by atoms with E-state index in [2.05, 4.69) is 47.9 Å². The van der Waals surface area contributed by atoms with Crippen LogP contribution < -0.4 is 10.6 Å². The Balaban J connectivity index is 1.36. The van der Waals surface area contributed by atoms with E-state index >= 15 is 0 Å². The molecule has 0 unspecified atom stereocenters. The molecule has 4 aromatic rings. The number of piperidine rings is 1. The molecule has 0 radical (unpaired) electrons. The van der Waals surface area contributed by atoms with Crippen LogP contribution in [0.5, 0.6) is 0 Å². The SMILES string of the molecule is CCc1ccc2nc(Nc3cc(Cc4ccccc4)nc(NC4CCN(CC(=O)O)CC4)n3)sc2c1. The van der Waals surface area contributed by atoms with Gasteiger partial charge >= 0.3 is 5.97 Å². The van der Waals surface area contributed by atoms with E-state index in [1.165, 1.54) is 11.1 Å². The number of thiazole rings is 1. The lowest BCUT2D eigenvalue weighted by molar-refractivity contribution is -0.138. The molecule has 9 heteroatoms. The van der Waals surface area contributed by atoms with Gasteiger partial charge in [-0.25, -0.2) is 9.97 Å². The van der Waals surface area contributed by atoms with Crippen molar-refractivity contribution in [2.24, 2.45) is 0 Å². The molecule has 0 amide bonds. The Morgan fingerprint density at radius 2 is 1.86 bits per heavy atom. The van der Waals surface area contributed by atoms with Gasteiger partial charge < -0.3 is 15.7 Å². The smallest absolute Gasteiger partial charge is 0.317 e. The summed E-state index contributed by atoms with van der Waals surface area (Å²) in [6.45, 7) is 3.72. The van der Waals surface area contributed by atoms with Crippen molar-refractivity contribution in [3.63, 3.8) is 0 Å². The molecule has 1 aliphatic heterocycles. The van der Waals surface area contributed by atoms with Crippen LogP contribution in [0.15, 0.2) is 54.6 Å². The van der Waals surface area contributed by atoms with Gasteiger partial charge in [0.25, 0.3) is 0 Å². The van der Waals surface area contributed by atoms with Crippen molar-refractivity contribution in [1.82, 2.24) is 19.9 Å². The highest BCUT2D eigenvalue weighted by Gasteiger charge is 2.21. The van der Waals surface area contributed by atoms with E-state index in [1.54, 1.807) is 11.3 Å². The average molecular weight is 503 g/mol. The van der Waals surface area contributed by atoms with E-state index in [4.69, 9.17) is 20.1 Å². The number of carbonyl (C=O) groups is 1. The van der Waals surface area contributed by atoms with Crippen LogP contribution in [0.4, 0.5) is 16.9 Å². The molecule has 5 rings (SSSR count). The quantitative estimate of drug-likeness (QED) is 0.296. The second-order valence-corrected chi connectivity index (χ2v) is 10.1.